The second kappa shape index (κ2) is 5.98. The van der Waals surface area contributed by atoms with Gasteiger partial charge in [0.05, 0.1) is 6.54 Å². The number of pyridine rings is 1. The van der Waals surface area contributed by atoms with E-state index in [4.69, 9.17) is 0 Å². The third kappa shape index (κ3) is 2.71. The van der Waals surface area contributed by atoms with Crippen molar-refractivity contribution in [1.82, 2.24) is 25.2 Å². The van der Waals surface area contributed by atoms with E-state index in [1.54, 1.807) is 0 Å². The third-order valence-electron chi connectivity index (χ3n) is 2.70. The van der Waals surface area contributed by atoms with Crippen LogP contribution in [0.3, 0.4) is 0 Å². The predicted octanol–water partition coefficient (Wildman–Crippen LogP) is 0.786. The molecule has 2 aromatic rings. The van der Waals surface area contributed by atoms with Crippen LogP contribution in [0.4, 0.5) is 0 Å². The zero-order chi connectivity index (χ0) is 11.5. The summed E-state index contributed by atoms with van der Waals surface area (Å²) < 4.78 is 1.97. The lowest BCUT2D eigenvalue weighted by Gasteiger charge is -2.15. The van der Waals surface area contributed by atoms with Gasteiger partial charge in [-0.15, -0.1) is 34.2 Å². The van der Waals surface area contributed by atoms with Crippen LogP contribution in [0.25, 0.3) is 5.65 Å². The Kier molecular flexibility index (Phi) is 4.34. The van der Waals surface area contributed by atoms with Crippen molar-refractivity contribution < 1.29 is 0 Å². The molecule has 0 aromatic carbocycles. The summed E-state index contributed by atoms with van der Waals surface area (Å²) in [6, 6.07) is 5.86. The van der Waals surface area contributed by atoms with Crippen LogP contribution in [0.2, 0.25) is 0 Å². The van der Waals surface area contributed by atoms with Crippen molar-refractivity contribution in [3.8, 4) is 0 Å². The van der Waals surface area contributed by atoms with Gasteiger partial charge in [-0.25, -0.2) is 0 Å². The normalized spacial score (nSPS) is 14.6. The Balaban J connectivity index is 0.00000120. The second-order valence-corrected chi connectivity index (χ2v) is 3.91. The fourth-order valence-electron chi connectivity index (χ4n) is 1.83. The first-order valence-corrected chi connectivity index (χ1v) is 5.74. The molecule has 0 amide bonds. The molecule has 0 bridgehead atoms. The number of rotatable bonds is 2. The molecule has 1 aliphatic heterocycles. The highest BCUT2D eigenvalue weighted by molar-refractivity contribution is 14.0. The number of aliphatic imine (C=N–C) groups is 1. The van der Waals surface area contributed by atoms with Crippen LogP contribution in [0.15, 0.2) is 29.4 Å². The number of fused-ring (bicyclic) bond motifs is 1. The second-order valence-electron chi connectivity index (χ2n) is 3.91. The van der Waals surface area contributed by atoms with E-state index < -0.39 is 0 Å². The SMILES string of the molecule is I.c1ccn2c(CNC3=NCCCN3)nnc2c1. The summed E-state index contributed by atoms with van der Waals surface area (Å²) >= 11 is 0. The number of aromatic nitrogens is 3. The van der Waals surface area contributed by atoms with Crippen LogP contribution in [0.5, 0.6) is 0 Å². The summed E-state index contributed by atoms with van der Waals surface area (Å²) in [6.45, 7) is 2.49. The van der Waals surface area contributed by atoms with Gasteiger partial charge in [0.25, 0.3) is 0 Å². The standard InChI is InChI=1S/C11H14N6.HI/c1-2-7-17-9(4-1)15-16-10(17)8-14-11-12-5-3-6-13-11;/h1-2,4,7H,3,5-6,8H2,(H2,12,13,14);1H. The van der Waals surface area contributed by atoms with E-state index in [0.29, 0.717) is 6.54 Å². The van der Waals surface area contributed by atoms with E-state index in [0.717, 1.165) is 36.9 Å². The molecule has 6 nitrogen and oxygen atoms in total. The maximum Gasteiger partial charge on any atom is 0.191 e. The van der Waals surface area contributed by atoms with Crippen LogP contribution in [0, 0.1) is 0 Å². The van der Waals surface area contributed by atoms with Crippen molar-refractivity contribution in [1.29, 1.82) is 0 Å². The summed E-state index contributed by atoms with van der Waals surface area (Å²) in [7, 11) is 0. The molecule has 0 aliphatic carbocycles. The molecule has 0 atom stereocenters. The molecule has 0 spiro atoms. The van der Waals surface area contributed by atoms with Crippen molar-refractivity contribution in [3.05, 3.63) is 30.2 Å². The van der Waals surface area contributed by atoms with Crippen LogP contribution < -0.4 is 10.6 Å². The van der Waals surface area contributed by atoms with Crippen LogP contribution in [0.1, 0.15) is 12.2 Å². The molecule has 3 rings (SSSR count). The first-order valence-electron chi connectivity index (χ1n) is 5.74. The lowest BCUT2D eigenvalue weighted by molar-refractivity contribution is 0.690. The monoisotopic (exact) mass is 358 g/mol. The van der Waals surface area contributed by atoms with Crippen molar-refractivity contribution >= 4 is 35.6 Å². The minimum atomic E-state index is 0. The summed E-state index contributed by atoms with van der Waals surface area (Å²) in [5.74, 6) is 1.74. The molecule has 2 aromatic heterocycles. The largest absolute Gasteiger partial charge is 0.356 e. The Morgan fingerprint density at radius 1 is 1.33 bits per heavy atom. The maximum atomic E-state index is 4.35. The lowest BCUT2D eigenvalue weighted by atomic mass is 10.4. The maximum absolute atomic E-state index is 4.35. The molecular weight excluding hydrogens is 343 g/mol. The third-order valence-corrected chi connectivity index (χ3v) is 2.70. The van der Waals surface area contributed by atoms with Crippen LogP contribution in [-0.2, 0) is 6.54 Å². The first kappa shape index (κ1) is 13.1. The quantitative estimate of drug-likeness (QED) is 0.779. The van der Waals surface area contributed by atoms with Gasteiger partial charge in [-0.05, 0) is 18.6 Å². The van der Waals surface area contributed by atoms with E-state index in [1.807, 2.05) is 28.8 Å². The molecule has 0 saturated carbocycles. The van der Waals surface area contributed by atoms with Gasteiger partial charge in [-0.3, -0.25) is 9.39 Å². The Morgan fingerprint density at radius 2 is 2.28 bits per heavy atom. The highest BCUT2D eigenvalue weighted by atomic mass is 127. The summed E-state index contributed by atoms with van der Waals surface area (Å²) in [5.41, 5.74) is 0.864. The molecular formula is C11H15IN6. The Morgan fingerprint density at radius 3 is 3.11 bits per heavy atom. The van der Waals surface area contributed by atoms with Gasteiger partial charge < -0.3 is 10.6 Å². The van der Waals surface area contributed by atoms with E-state index >= 15 is 0 Å². The molecule has 18 heavy (non-hydrogen) atoms. The topological polar surface area (TPSA) is 66.6 Å². The van der Waals surface area contributed by atoms with E-state index in [-0.39, 0.29) is 24.0 Å². The number of guanidine groups is 1. The summed E-state index contributed by atoms with van der Waals surface area (Å²) in [5, 5.41) is 14.7. The predicted molar refractivity (Wildman–Crippen MR) is 80.2 cm³/mol. The fraction of sp³-hybridized carbons (Fsp3) is 0.364. The summed E-state index contributed by atoms with van der Waals surface area (Å²) in [6.07, 6.45) is 3.06. The summed E-state index contributed by atoms with van der Waals surface area (Å²) in [4.78, 5) is 4.35. The van der Waals surface area contributed by atoms with Crippen molar-refractivity contribution in [2.45, 2.75) is 13.0 Å². The number of halogens is 1. The van der Waals surface area contributed by atoms with Crippen LogP contribution in [-0.4, -0.2) is 33.6 Å². The van der Waals surface area contributed by atoms with Crippen molar-refractivity contribution in [2.75, 3.05) is 13.1 Å². The Hall–Kier alpha value is -1.38. The molecule has 0 saturated heterocycles. The van der Waals surface area contributed by atoms with E-state index in [1.165, 1.54) is 0 Å². The average molecular weight is 358 g/mol. The Bertz CT molecular complexity index is 549. The first-order chi connectivity index (χ1) is 8.43. The molecule has 2 N–H and O–H groups in total. The zero-order valence-corrected chi connectivity index (χ0v) is 12.2. The molecule has 0 radical (unpaired) electrons. The fourth-order valence-corrected chi connectivity index (χ4v) is 1.83. The molecule has 3 heterocycles. The number of hydrogen-bond acceptors (Lipinski definition) is 5. The van der Waals surface area contributed by atoms with Gasteiger partial charge in [0, 0.05) is 19.3 Å². The number of hydrogen-bond donors (Lipinski definition) is 2. The average Bonchev–Trinajstić information content (AvgIpc) is 2.81. The van der Waals surface area contributed by atoms with E-state index in [9.17, 15) is 0 Å². The highest BCUT2D eigenvalue weighted by Crippen LogP contribution is 2.02. The highest BCUT2D eigenvalue weighted by Gasteiger charge is 2.07. The molecule has 7 heteroatoms. The van der Waals surface area contributed by atoms with Gasteiger partial charge in [-0.2, -0.15) is 0 Å². The van der Waals surface area contributed by atoms with E-state index in [2.05, 4.69) is 25.8 Å². The minimum Gasteiger partial charge on any atom is -0.356 e. The lowest BCUT2D eigenvalue weighted by Crippen LogP contribution is -2.40. The van der Waals surface area contributed by atoms with Gasteiger partial charge in [0.1, 0.15) is 0 Å². The molecule has 0 unspecified atom stereocenters. The van der Waals surface area contributed by atoms with Gasteiger partial charge in [0.15, 0.2) is 17.4 Å². The Labute approximate surface area is 122 Å². The number of nitrogens with zero attached hydrogens (tertiary/aromatic N) is 4. The smallest absolute Gasteiger partial charge is 0.191 e. The zero-order valence-electron chi connectivity index (χ0n) is 9.83. The van der Waals surface area contributed by atoms with Gasteiger partial charge >= 0.3 is 0 Å². The number of nitrogens with one attached hydrogen (secondary N) is 2. The van der Waals surface area contributed by atoms with Gasteiger partial charge in [0.2, 0.25) is 0 Å². The van der Waals surface area contributed by atoms with Crippen molar-refractivity contribution in [2.24, 2.45) is 4.99 Å². The minimum absolute atomic E-state index is 0. The molecule has 96 valence electrons. The van der Waals surface area contributed by atoms with Gasteiger partial charge in [-0.1, -0.05) is 6.07 Å². The molecule has 1 aliphatic rings. The van der Waals surface area contributed by atoms with Crippen molar-refractivity contribution in [3.63, 3.8) is 0 Å². The molecule has 0 fully saturated rings. The van der Waals surface area contributed by atoms with Crippen LogP contribution >= 0.6 is 24.0 Å².